The Kier molecular flexibility index (Phi) is 8.25. The highest BCUT2D eigenvalue weighted by Gasteiger charge is 2.18. The summed E-state index contributed by atoms with van der Waals surface area (Å²) in [5.41, 5.74) is 1.29. The monoisotopic (exact) mass is 485 g/mol. The van der Waals surface area contributed by atoms with Crippen molar-refractivity contribution in [1.82, 2.24) is 10.2 Å². The number of hydrogen-bond acceptors (Lipinski definition) is 5. The molecule has 0 radical (unpaired) electrons. The third-order valence-electron chi connectivity index (χ3n) is 5.13. The Balaban J connectivity index is 1.69. The van der Waals surface area contributed by atoms with E-state index < -0.39 is 10.0 Å². The fraction of sp³-hybridized carbons (Fsp3) is 0.240. The fourth-order valence-electron chi connectivity index (χ4n) is 3.42. The van der Waals surface area contributed by atoms with Crippen molar-refractivity contribution in [2.75, 3.05) is 32.0 Å². The summed E-state index contributed by atoms with van der Waals surface area (Å²) in [7, 11) is -0.153. The van der Waals surface area contributed by atoms with Gasteiger partial charge >= 0.3 is 0 Å². The van der Waals surface area contributed by atoms with Gasteiger partial charge in [0.1, 0.15) is 11.6 Å². The fourth-order valence-corrected chi connectivity index (χ4v) is 4.47. The van der Waals surface area contributed by atoms with Crippen LogP contribution in [0.1, 0.15) is 28.9 Å². The molecule has 2 N–H and O–H groups in total. The second kappa shape index (κ2) is 11.1. The normalized spacial score (nSPS) is 12.3. The van der Waals surface area contributed by atoms with Crippen molar-refractivity contribution in [3.05, 3.63) is 89.7 Å². The van der Waals surface area contributed by atoms with Gasteiger partial charge in [-0.15, -0.1) is 0 Å². The van der Waals surface area contributed by atoms with Crippen LogP contribution in [0.4, 0.5) is 10.1 Å². The van der Waals surface area contributed by atoms with Gasteiger partial charge in [-0.2, -0.15) is 0 Å². The molecule has 0 aliphatic heterocycles. The molecule has 180 valence electrons. The maximum Gasteiger partial charge on any atom is 0.261 e. The number of carbonyl (C=O) groups excluding carboxylic acids is 1. The lowest BCUT2D eigenvalue weighted by Gasteiger charge is -2.25. The van der Waals surface area contributed by atoms with Crippen molar-refractivity contribution in [2.45, 2.75) is 17.9 Å². The van der Waals surface area contributed by atoms with Crippen LogP contribution in [-0.2, 0) is 10.0 Å². The summed E-state index contributed by atoms with van der Waals surface area (Å²) in [5, 5.41) is 2.84. The summed E-state index contributed by atoms with van der Waals surface area (Å²) < 4.78 is 47.0. The van der Waals surface area contributed by atoms with Crippen molar-refractivity contribution < 1.29 is 22.3 Å². The number of nitrogens with zero attached hydrogens (tertiary/aromatic N) is 1. The van der Waals surface area contributed by atoms with Gasteiger partial charge in [-0.05, 0) is 81.2 Å². The zero-order chi connectivity index (χ0) is 24.7. The summed E-state index contributed by atoms with van der Waals surface area (Å²) in [6.07, 6.45) is 0. The van der Waals surface area contributed by atoms with Gasteiger partial charge in [-0.1, -0.05) is 18.2 Å². The van der Waals surface area contributed by atoms with Crippen LogP contribution in [0.5, 0.6) is 5.75 Å². The quantitative estimate of drug-likeness (QED) is 0.452. The van der Waals surface area contributed by atoms with Crippen LogP contribution in [-0.4, -0.2) is 46.5 Å². The smallest absolute Gasteiger partial charge is 0.261 e. The van der Waals surface area contributed by atoms with Crippen molar-refractivity contribution in [3.63, 3.8) is 0 Å². The van der Waals surface area contributed by atoms with Crippen LogP contribution in [0.2, 0.25) is 0 Å². The van der Waals surface area contributed by atoms with Gasteiger partial charge < -0.3 is 15.0 Å². The predicted molar refractivity (Wildman–Crippen MR) is 130 cm³/mol. The number of halogens is 1. The molecule has 3 aromatic carbocycles. The third-order valence-corrected chi connectivity index (χ3v) is 6.53. The van der Waals surface area contributed by atoms with Crippen molar-refractivity contribution >= 4 is 21.6 Å². The summed E-state index contributed by atoms with van der Waals surface area (Å²) in [6, 6.07) is 18.3. The van der Waals surface area contributed by atoms with Gasteiger partial charge in [0.05, 0.1) is 17.5 Å². The molecule has 3 rings (SSSR count). The molecule has 0 saturated heterocycles. The number of likely N-dealkylation sites (N-methyl/N-ethyl adjacent to an activating group) is 1. The van der Waals surface area contributed by atoms with Gasteiger partial charge in [0.15, 0.2) is 0 Å². The lowest BCUT2D eigenvalue weighted by atomic mass is 10.1. The Morgan fingerprint density at radius 3 is 2.38 bits per heavy atom. The molecule has 7 nitrogen and oxygen atoms in total. The van der Waals surface area contributed by atoms with Crippen molar-refractivity contribution in [2.24, 2.45) is 0 Å². The van der Waals surface area contributed by atoms with E-state index in [1.54, 1.807) is 42.5 Å². The Morgan fingerprint density at radius 2 is 1.74 bits per heavy atom. The van der Waals surface area contributed by atoms with E-state index in [-0.39, 0.29) is 34.9 Å². The van der Waals surface area contributed by atoms with E-state index >= 15 is 0 Å². The molecule has 0 heterocycles. The van der Waals surface area contributed by atoms with E-state index in [9.17, 15) is 17.6 Å². The first-order valence-corrected chi connectivity index (χ1v) is 12.2. The minimum absolute atomic E-state index is 0.0784. The molecule has 34 heavy (non-hydrogen) atoms. The molecule has 9 heteroatoms. The number of amides is 1. The Hall–Kier alpha value is -3.43. The second-order valence-corrected chi connectivity index (χ2v) is 9.52. The summed E-state index contributed by atoms with van der Waals surface area (Å²) in [6.45, 7) is 2.58. The van der Waals surface area contributed by atoms with Gasteiger partial charge in [-0.25, -0.2) is 12.8 Å². The van der Waals surface area contributed by atoms with Crippen molar-refractivity contribution in [3.8, 4) is 5.75 Å². The molecule has 1 amide bonds. The number of anilines is 1. The summed E-state index contributed by atoms with van der Waals surface area (Å²) in [4.78, 5) is 14.7. The topological polar surface area (TPSA) is 87.7 Å². The average molecular weight is 486 g/mol. The molecule has 0 aromatic heterocycles. The van der Waals surface area contributed by atoms with Crippen LogP contribution in [0.25, 0.3) is 0 Å². The van der Waals surface area contributed by atoms with Crippen LogP contribution < -0.4 is 14.8 Å². The zero-order valence-corrected chi connectivity index (χ0v) is 20.1. The first kappa shape index (κ1) is 25.2. The van der Waals surface area contributed by atoms with E-state index in [2.05, 4.69) is 10.0 Å². The first-order valence-electron chi connectivity index (χ1n) is 10.8. The molecule has 0 saturated carbocycles. The maximum atomic E-state index is 13.6. The SMILES string of the molecule is CCOc1ccc(S(=O)(=O)Nc2cccc(C(=O)NC[C@H](c3cccc(F)c3)N(C)C)c2)cc1. The number of sulfonamides is 1. The Morgan fingerprint density at radius 1 is 1.03 bits per heavy atom. The van der Waals surface area contributed by atoms with Crippen molar-refractivity contribution in [1.29, 1.82) is 0 Å². The lowest BCUT2D eigenvalue weighted by Crippen LogP contribution is -2.34. The van der Waals surface area contributed by atoms with Crippen LogP contribution >= 0.6 is 0 Å². The highest BCUT2D eigenvalue weighted by molar-refractivity contribution is 7.92. The minimum atomic E-state index is -3.84. The van der Waals surface area contributed by atoms with E-state index in [0.717, 1.165) is 5.56 Å². The van der Waals surface area contributed by atoms with Crippen LogP contribution in [0.3, 0.4) is 0 Å². The van der Waals surface area contributed by atoms with Crippen LogP contribution in [0.15, 0.2) is 77.7 Å². The zero-order valence-electron chi connectivity index (χ0n) is 19.3. The minimum Gasteiger partial charge on any atom is -0.494 e. The molecule has 3 aromatic rings. The molecule has 0 fully saturated rings. The van der Waals surface area contributed by atoms with Crippen LogP contribution in [0, 0.1) is 5.82 Å². The molecule has 0 aliphatic carbocycles. The molecular weight excluding hydrogens is 457 g/mol. The Bertz CT molecular complexity index is 1230. The standard InChI is InChI=1S/C25H28FN3O4S/c1-4-33-22-11-13-23(14-12-22)34(31,32)28-21-10-6-8-19(16-21)25(30)27-17-24(29(2)3)18-7-5-9-20(26)15-18/h5-16,24,28H,4,17H2,1-3H3,(H,27,30)/t24-/m1/s1. The predicted octanol–water partition coefficient (Wildman–Crippen LogP) is 4.06. The lowest BCUT2D eigenvalue weighted by molar-refractivity contribution is 0.0942. The molecule has 0 spiro atoms. The number of carbonyl (C=O) groups is 1. The molecule has 0 unspecified atom stereocenters. The largest absolute Gasteiger partial charge is 0.494 e. The maximum absolute atomic E-state index is 13.6. The number of rotatable bonds is 10. The number of nitrogens with one attached hydrogen (secondary N) is 2. The molecule has 0 bridgehead atoms. The summed E-state index contributed by atoms with van der Waals surface area (Å²) >= 11 is 0. The number of hydrogen-bond donors (Lipinski definition) is 2. The molecule has 0 aliphatic rings. The van der Waals surface area contributed by atoms with Gasteiger partial charge in [0.25, 0.3) is 15.9 Å². The highest BCUT2D eigenvalue weighted by Crippen LogP contribution is 2.21. The second-order valence-electron chi connectivity index (χ2n) is 7.84. The van der Waals surface area contributed by atoms with Gasteiger partial charge in [0, 0.05) is 17.8 Å². The Labute approximate surface area is 199 Å². The number of benzene rings is 3. The molecule has 1 atom stereocenters. The summed E-state index contributed by atoms with van der Waals surface area (Å²) in [5.74, 6) is -0.136. The van der Waals surface area contributed by atoms with E-state index in [0.29, 0.717) is 17.9 Å². The van der Waals surface area contributed by atoms with E-state index in [4.69, 9.17) is 4.74 Å². The molecular formula is C25H28FN3O4S. The first-order chi connectivity index (χ1) is 16.2. The number of ether oxygens (including phenoxy) is 1. The van der Waals surface area contributed by atoms with Gasteiger partial charge in [0.2, 0.25) is 0 Å². The van der Waals surface area contributed by atoms with E-state index in [1.165, 1.54) is 30.3 Å². The highest BCUT2D eigenvalue weighted by atomic mass is 32.2. The average Bonchev–Trinajstić information content (AvgIpc) is 2.79. The van der Waals surface area contributed by atoms with Gasteiger partial charge in [-0.3, -0.25) is 9.52 Å². The van der Waals surface area contributed by atoms with E-state index in [1.807, 2.05) is 25.9 Å². The third kappa shape index (κ3) is 6.55.